The standard InChI is InChI=1S/C16H15ClN4O2S/c1-2-7-22-13-6-5-11(9-12(13)17)10-18-21-15(19-20-16(21)24)14-4-3-8-23-14/h3-6,8-10H,2,7H2,1H3,(H,20,24)/b18-10-. The fourth-order valence-corrected chi connectivity index (χ4v) is 2.44. The Hall–Kier alpha value is -2.38. The number of hydrogen-bond acceptors (Lipinski definition) is 5. The van der Waals surface area contributed by atoms with Gasteiger partial charge < -0.3 is 9.15 Å². The van der Waals surface area contributed by atoms with Gasteiger partial charge in [-0.3, -0.25) is 0 Å². The summed E-state index contributed by atoms with van der Waals surface area (Å²) in [6.07, 6.45) is 4.14. The molecule has 24 heavy (non-hydrogen) atoms. The van der Waals surface area contributed by atoms with E-state index in [0.717, 1.165) is 12.0 Å². The molecular formula is C16H15ClN4O2S. The van der Waals surface area contributed by atoms with Crippen LogP contribution >= 0.6 is 23.8 Å². The zero-order valence-electron chi connectivity index (χ0n) is 12.9. The Morgan fingerprint density at radius 3 is 3.04 bits per heavy atom. The predicted molar refractivity (Wildman–Crippen MR) is 95.3 cm³/mol. The molecule has 0 radical (unpaired) electrons. The molecule has 3 rings (SSSR count). The molecule has 0 saturated heterocycles. The van der Waals surface area contributed by atoms with Crippen LogP contribution in [0.5, 0.6) is 5.75 Å². The van der Waals surface area contributed by atoms with Gasteiger partial charge in [0.15, 0.2) is 5.76 Å². The molecule has 0 amide bonds. The number of ether oxygens (including phenoxy) is 1. The minimum Gasteiger partial charge on any atom is -0.492 e. The summed E-state index contributed by atoms with van der Waals surface area (Å²) >= 11 is 11.4. The van der Waals surface area contributed by atoms with Crippen molar-refractivity contribution < 1.29 is 9.15 Å². The van der Waals surface area contributed by atoms with Gasteiger partial charge in [-0.25, -0.2) is 5.10 Å². The fraction of sp³-hybridized carbons (Fsp3) is 0.188. The number of H-pyrrole nitrogens is 1. The predicted octanol–water partition coefficient (Wildman–Crippen LogP) is 4.53. The van der Waals surface area contributed by atoms with Crippen LogP contribution in [-0.2, 0) is 0 Å². The lowest BCUT2D eigenvalue weighted by molar-refractivity contribution is 0.317. The van der Waals surface area contributed by atoms with E-state index < -0.39 is 0 Å². The van der Waals surface area contributed by atoms with Crippen LogP contribution < -0.4 is 4.74 Å². The molecule has 0 spiro atoms. The molecule has 2 aromatic heterocycles. The van der Waals surface area contributed by atoms with Gasteiger partial charge in [0.05, 0.1) is 24.1 Å². The van der Waals surface area contributed by atoms with E-state index in [9.17, 15) is 0 Å². The summed E-state index contributed by atoms with van der Waals surface area (Å²) in [5.41, 5.74) is 0.817. The van der Waals surface area contributed by atoms with Gasteiger partial charge in [0.25, 0.3) is 0 Å². The number of aromatic amines is 1. The zero-order chi connectivity index (χ0) is 16.9. The number of nitrogens with zero attached hydrogens (tertiary/aromatic N) is 3. The lowest BCUT2D eigenvalue weighted by Crippen LogP contribution is -1.97. The Kier molecular flexibility index (Phi) is 5.12. The zero-order valence-corrected chi connectivity index (χ0v) is 14.5. The summed E-state index contributed by atoms with van der Waals surface area (Å²) in [7, 11) is 0. The topological polar surface area (TPSA) is 68.3 Å². The van der Waals surface area contributed by atoms with Crippen LogP contribution in [0.2, 0.25) is 5.02 Å². The Balaban J connectivity index is 1.86. The van der Waals surface area contributed by atoms with E-state index in [2.05, 4.69) is 15.3 Å². The van der Waals surface area contributed by atoms with E-state index in [-0.39, 0.29) is 0 Å². The maximum absolute atomic E-state index is 6.22. The van der Waals surface area contributed by atoms with Crippen molar-refractivity contribution in [3.05, 3.63) is 52.0 Å². The summed E-state index contributed by atoms with van der Waals surface area (Å²) in [5, 5.41) is 11.7. The second-order valence-electron chi connectivity index (χ2n) is 4.92. The van der Waals surface area contributed by atoms with Crippen LogP contribution in [0, 0.1) is 4.77 Å². The van der Waals surface area contributed by atoms with Crippen molar-refractivity contribution in [1.82, 2.24) is 14.9 Å². The van der Waals surface area contributed by atoms with E-state index in [0.29, 0.717) is 33.7 Å². The van der Waals surface area contributed by atoms with E-state index in [1.807, 2.05) is 19.1 Å². The highest BCUT2D eigenvalue weighted by molar-refractivity contribution is 7.71. The first-order valence-electron chi connectivity index (χ1n) is 7.37. The van der Waals surface area contributed by atoms with Gasteiger partial charge in [-0.05, 0) is 54.5 Å². The number of aromatic nitrogens is 3. The van der Waals surface area contributed by atoms with Crippen LogP contribution in [0.1, 0.15) is 18.9 Å². The number of nitrogens with one attached hydrogen (secondary N) is 1. The van der Waals surface area contributed by atoms with Gasteiger partial charge in [-0.15, -0.1) is 5.10 Å². The van der Waals surface area contributed by atoms with Gasteiger partial charge in [0.2, 0.25) is 10.6 Å². The number of halogens is 1. The largest absolute Gasteiger partial charge is 0.492 e. The highest BCUT2D eigenvalue weighted by Gasteiger charge is 2.10. The lowest BCUT2D eigenvalue weighted by Gasteiger charge is -2.06. The van der Waals surface area contributed by atoms with Crippen molar-refractivity contribution >= 4 is 30.0 Å². The highest BCUT2D eigenvalue weighted by atomic mass is 35.5. The van der Waals surface area contributed by atoms with E-state index in [1.165, 1.54) is 4.68 Å². The van der Waals surface area contributed by atoms with Gasteiger partial charge in [-0.1, -0.05) is 18.5 Å². The van der Waals surface area contributed by atoms with Gasteiger partial charge in [0, 0.05) is 0 Å². The molecule has 1 aromatic carbocycles. The molecule has 0 aliphatic heterocycles. The molecule has 0 fully saturated rings. The molecule has 124 valence electrons. The molecular weight excluding hydrogens is 348 g/mol. The number of furan rings is 1. The summed E-state index contributed by atoms with van der Waals surface area (Å²) < 4.78 is 12.7. The van der Waals surface area contributed by atoms with Gasteiger partial charge in [-0.2, -0.15) is 9.78 Å². The highest BCUT2D eigenvalue weighted by Crippen LogP contribution is 2.25. The molecule has 8 heteroatoms. The molecule has 0 unspecified atom stereocenters. The summed E-state index contributed by atoms with van der Waals surface area (Å²) in [6, 6.07) is 9.04. The van der Waals surface area contributed by atoms with Crippen LogP contribution in [-0.4, -0.2) is 27.7 Å². The molecule has 0 aliphatic rings. The van der Waals surface area contributed by atoms with Crippen molar-refractivity contribution in [2.24, 2.45) is 5.10 Å². The second-order valence-corrected chi connectivity index (χ2v) is 5.72. The molecule has 0 aliphatic carbocycles. The third kappa shape index (κ3) is 3.58. The number of benzene rings is 1. The second kappa shape index (κ2) is 7.46. The fourth-order valence-electron chi connectivity index (χ4n) is 2.01. The average molecular weight is 363 g/mol. The molecule has 1 N–H and O–H groups in total. The minimum atomic E-state index is 0.367. The molecule has 0 bridgehead atoms. The van der Waals surface area contributed by atoms with E-state index in [4.69, 9.17) is 33.0 Å². The van der Waals surface area contributed by atoms with E-state index >= 15 is 0 Å². The Morgan fingerprint density at radius 2 is 2.33 bits per heavy atom. The van der Waals surface area contributed by atoms with Crippen LogP contribution in [0.3, 0.4) is 0 Å². The quantitative estimate of drug-likeness (QED) is 0.517. The van der Waals surface area contributed by atoms with E-state index in [1.54, 1.807) is 30.7 Å². The molecule has 0 saturated carbocycles. The lowest BCUT2D eigenvalue weighted by atomic mass is 10.2. The Labute approximate surface area is 148 Å². The molecule has 2 heterocycles. The van der Waals surface area contributed by atoms with Crippen molar-refractivity contribution in [2.75, 3.05) is 6.61 Å². The Morgan fingerprint density at radius 1 is 1.46 bits per heavy atom. The normalized spacial score (nSPS) is 11.2. The van der Waals surface area contributed by atoms with Crippen LogP contribution in [0.4, 0.5) is 0 Å². The van der Waals surface area contributed by atoms with Crippen molar-refractivity contribution in [3.8, 4) is 17.3 Å². The van der Waals surface area contributed by atoms with Crippen LogP contribution in [0.15, 0.2) is 46.1 Å². The Bertz CT molecular complexity index is 899. The monoisotopic (exact) mass is 362 g/mol. The van der Waals surface area contributed by atoms with Gasteiger partial charge in [0.1, 0.15) is 5.75 Å². The maximum Gasteiger partial charge on any atom is 0.219 e. The molecule has 6 nitrogen and oxygen atoms in total. The first-order valence-corrected chi connectivity index (χ1v) is 8.15. The third-order valence-electron chi connectivity index (χ3n) is 3.13. The first-order chi connectivity index (χ1) is 11.7. The molecule has 3 aromatic rings. The summed E-state index contributed by atoms with van der Waals surface area (Å²) in [6.45, 7) is 2.67. The summed E-state index contributed by atoms with van der Waals surface area (Å²) in [4.78, 5) is 0. The SMILES string of the molecule is CCCOc1ccc(/C=N\n2c(-c3ccco3)n[nH]c2=S)cc1Cl. The minimum absolute atomic E-state index is 0.367. The maximum atomic E-state index is 6.22. The number of hydrogen-bond donors (Lipinski definition) is 1. The third-order valence-corrected chi connectivity index (χ3v) is 3.69. The van der Waals surface area contributed by atoms with Crippen LogP contribution in [0.25, 0.3) is 11.6 Å². The van der Waals surface area contributed by atoms with Crippen molar-refractivity contribution in [2.45, 2.75) is 13.3 Å². The average Bonchev–Trinajstić information content (AvgIpc) is 3.21. The summed E-state index contributed by atoms with van der Waals surface area (Å²) in [5.74, 6) is 1.72. The first kappa shape index (κ1) is 16.5. The smallest absolute Gasteiger partial charge is 0.219 e. The van der Waals surface area contributed by atoms with Crippen molar-refractivity contribution in [3.63, 3.8) is 0 Å². The molecule has 0 atom stereocenters. The van der Waals surface area contributed by atoms with Crippen molar-refractivity contribution in [1.29, 1.82) is 0 Å². The number of rotatable bonds is 6. The van der Waals surface area contributed by atoms with Gasteiger partial charge >= 0.3 is 0 Å².